The fourth-order valence-electron chi connectivity index (χ4n) is 4.78. The molecule has 1 aliphatic rings. The van der Waals surface area contributed by atoms with Crippen LogP contribution in [-0.2, 0) is 19.5 Å². The highest BCUT2D eigenvalue weighted by molar-refractivity contribution is 5.53. The Morgan fingerprint density at radius 3 is 2.06 bits per heavy atom. The average Bonchev–Trinajstić information content (AvgIpc) is 2.92. The van der Waals surface area contributed by atoms with Crippen LogP contribution >= 0.6 is 0 Å². The van der Waals surface area contributed by atoms with Gasteiger partial charge in [-0.25, -0.2) is 4.98 Å². The van der Waals surface area contributed by atoms with Gasteiger partial charge in [-0.2, -0.15) is 5.10 Å². The lowest BCUT2D eigenvalue weighted by Crippen LogP contribution is -2.47. The molecule has 0 atom stereocenters. The molecule has 0 unspecified atom stereocenters. The lowest BCUT2D eigenvalue weighted by molar-refractivity contribution is 0.629. The van der Waals surface area contributed by atoms with Gasteiger partial charge in [-0.3, -0.25) is 0 Å². The summed E-state index contributed by atoms with van der Waals surface area (Å²) >= 11 is 0. The van der Waals surface area contributed by atoms with Gasteiger partial charge in [0.15, 0.2) is 5.82 Å². The zero-order valence-electron chi connectivity index (χ0n) is 21.2. The number of aryl methyl sites for hydroxylation is 1. The monoisotopic (exact) mass is 478 g/mol. The van der Waals surface area contributed by atoms with Crippen LogP contribution in [-0.4, -0.2) is 41.4 Å². The van der Waals surface area contributed by atoms with E-state index in [4.69, 9.17) is 10.2 Å². The standard InChI is InChI=1S/C30H34N6/c1-23-13-14-29(32-20-23)35-15-17-36(18-16-35)30-24(2)27(22-31-21-26-11-7-4-8-12-26)28(33-34-30)19-25-9-5-3-6-10-25/h3-14,20,31H,15-19,21-22H2,1-2H3. The summed E-state index contributed by atoms with van der Waals surface area (Å²) in [6, 6.07) is 25.3. The summed E-state index contributed by atoms with van der Waals surface area (Å²) in [5.74, 6) is 2.05. The molecule has 6 nitrogen and oxygen atoms in total. The molecule has 0 aliphatic carbocycles. The van der Waals surface area contributed by atoms with Gasteiger partial charge in [0.25, 0.3) is 0 Å². The van der Waals surface area contributed by atoms with Crippen LogP contribution in [0.1, 0.15) is 33.5 Å². The number of nitrogens with zero attached hydrogens (tertiary/aromatic N) is 5. The quantitative estimate of drug-likeness (QED) is 0.396. The molecule has 0 saturated carbocycles. The Labute approximate surface area is 214 Å². The van der Waals surface area contributed by atoms with Gasteiger partial charge in [-0.05, 0) is 47.7 Å². The first-order chi connectivity index (χ1) is 17.7. The average molecular weight is 479 g/mol. The normalized spacial score (nSPS) is 13.7. The molecule has 4 aromatic rings. The first-order valence-corrected chi connectivity index (χ1v) is 12.7. The van der Waals surface area contributed by atoms with Gasteiger partial charge < -0.3 is 15.1 Å². The number of aromatic nitrogens is 3. The third-order valence-electron chi connectivity index (χ3n) is 6.89. The highest BCUT2D eigenvalue weighted by atomic mass is 15.3. The molecule has 0 amide bonds. The predicted molar refractivity (Wildman–Crippen MR) is 146 cm³/mol. The van der Waals surface area contributed by atoms with Crippen molar-refractivity contribution in [2.45, 2.75) is 33.4 Å². The number of anilines is 2. The van der Waals surface area contributed by atoms with E-state index >= 15 is 0 Å². The van der Waals surface area contributed by atoms with E-state index in [0.717, 1.165) is 63.0 Å². The fraction of sp³-hybridized carbons (Fsp3) is 0.300. The minimum atomic E-state index is 0.763. The van der Waals surface area contributed by atoms with Crippen molar-refractivity contribution in [3.05, 3.63) is 113 Å². The molecule has 1 saturated heterocycles. The Morgan fingerprint density at radius 2 is 1.39 bits per heavy atom. The predicted octanol–water partition coefficient (Wildman–Crippen LogP) is 4.70. The Bertz CT molecular complexity index is 1250. The van der Waals surface area contributed by atoms with Gasteiger partial charge in [0.2, 0.25) is 0 Å². The molecule has 184 valence electrons. The maximum absolute atomic E-state index is 4.76. The van der Waals surface area contributed by atoms with Crippen molar-refractivity contribution in [1.29, 1.82) is 0 Å². The second-order valence-electron chi connectivity index (χ2n) is 9.49. The number of benzene rings is 2. The molecule has 2 aromatic heterocycles. The van der Waals surface area contributed by atoms with Crippen molar-refractivity contribution >= 4 is 11.6 Å². The van der Waals surface area contributed by atoms with Gasteiger partial charge in [-0.15, -0.1) is 5.10 Å². The SMILES string of the molecule is Cc1ccc(N2CCN(c3nnc(Cc4ccccc4)c(CNCc4ccccc4)c3C)CC2)nc1. The smallest absolute Gasteiger partial charge is 0.154 e. The second-order valence-corrected chi connectivity index (χ2v) is 9.49. The van der Waals surface area contributed by atoms with Crippen LogP contribution in [0.2, 0.25) is 0 Å². The number of hydrogen-bond donors (Lipinski definition) is 1. The largest absolute Gasteiger partial charge is 0.353 e. The van der Waals surface area contributed by atoms with Gasteiger partial charge >= 0.3 is 0 Å². The summed E-state index contributed by atoms with van der Waals surface area (Å²) in [6.45, 7) is 9.51. The topological polar surface area (TPSA) is 57.2 Å². The molecule has 3 heterocycles. The molecular weight excluding hydrogens is 444 g/mol. The Balaban J connectivity index is 1.34. The fourth-order valence-corrected chi connectivity index (χ4v) is 4.78. The first-order valence-electron chi connectivity index (χ1n) is 12.7. The molecular formula is C30H34N6. The van der Waals surface area contributed by atoms with E-state index in [9.17, 15) is 0 Å². The van der Waals surface area contributed by atoms with E-state index in [-0.39, 0.29) is 0 Å². The molecule has 36 heavy (non-hydrogen) atoms. The molecule has 0 radical (unpaired) electrons. The molecule has 2 aromatic carbocycles. The molecule has 0 spiro atoms. The van der Waals surface area contributed by atoms with Crippen molar-refractivity contribution in [2.75, 3.05) is 36.0 Å². The summed E-state index contributed by atoms with van der Waals surface area (Å²) in [4.78, 5) is 9.34. The van der Waals surface area contributed by atoms with Gasteiger partial charge in [0.1, 0.15) is 5.82 Å². The number of pyridine rings is 1. The Morgan fingerprint density at radius 1 is 0.722 bits per heavy atom. The van der Waals surface area contributed by atoms with Gasteiger partial charge in [-0.1, -0.05) is 66.7 Å². The van der Waals surface area contributed by atoms with E-state index < -0.39 is 0 Å². The van der Waals surface area contributed by atoms with Gasteiger partial charge in [0.05, 0.1) is 5.69 Å². The van der Waals surface area contributed by atoms with E-state index in [0.29, 0.717) is 0 Å². The lowest BCUT2D eigenvalue weighted by Gasteiger charge is -2.36. The molecule has 1 fully saturated rings. The highest BCUT2D eigenvalue weighted by Crippen LogP contribution is 2.26. The van der Waals surface area contributed by atoms with Crippen molar-refractivity contribution in [3.8, 4) is 0 Å². The Kier molecular flexibility index (Phi) is 7.52. The number of nitrogens with one attached hydrogen (secondary N) is 1. The molecule has 5 rings (SSSR count). The van der Waals surface area contributed by atoms with E-state index in [1.54, 1.807) is 0 Å². The summed E-state index contributed by atoms with van der Waals surface area (Å²) < 4.78 is 0. The minimum absolute atomic E-state index is 0.763. The van der Waals surface area contributed by atoms with Crippen molar-refractivity contribution in [3.63, 3.8) is 0 Å². The van der Waals surface area contributed by atoms with Crippen LogP contribution < -0.4 is 15.1 Å². The van der Waals surface area contributed by atoms with Gasteiger partial charge in [0, 0.05) is 51.9 Å². The molecule has 0 bridgehead atoms. The van der Waals surface area contributed by atoms with Crippen molar-refractivity contribution < 1.29 is 0 Å². The second kappa shape index (κ2) is 11.3. The van der Waals surface area contributed by atoms with Crippen LogP contribution in [0, 0.1) is 13.8 Å². The van der Waals surface area contributed by atoms with Crippen LogP contribution in [0.5, 0.6) is 0 Å². The maximum Gasteiger partial charge on any atom is 0.154 e. The molecule has 6 heteroatoms. The lowest BCUT2D eigenvalue weighted by atomic mass is 10.0. The number of hydrogen-bond acceptors (Lipinski definition) is 6. The Hall–Kier alpha value is -3.77. The third-order valence-corrected chi connectivity index (χ3v) is 6.89. The minimum Gasteiger partial charge on any atom is -0.353 e. The first kappa shape index (κ1) is 23.9. The number of rotatable bonds is 8. The van der Waals surface area contributed by atoms with Crippen LogP contribution in [0.4, 0.5) is 11.6 Å². The zero-order chi connectivity index (χ0) is 24.7. The van der Waals surface area contributed by atoms with E-state index in [2.05, 4.69) is 107 Å². The third kappa shape index (κ3) is 5.71. The maximum atomic E-state index is 4.76. The summed E-state index contributed by atoms with van der Waals surface area (Å²) in [5.41, 5.74) is 7.24. The summed E-state index contributed by atoms with van der Waals surface area (Å²) in [5, 5.41) is 13.2. The molecule has 1 N–H and O–H groups in total. The van der Waals surface area contributed by atoms with Crippen molar-refractivity contribution in [1.82, 2.24) is 20.5 Å². The molecule has 1 aliphatic heterocycles. The number of piperazine rings is 1. The van der Waals surface area contributed by atoms with Crippen LogP contribution in [0.3, 0.4) is 0 Å². The van der Waals surface area contributed by atoms with Crippen LogP contribution in [0.25, 0.3) is 0 Å². The van der Waals surface area contributed by atoms with E-state index in [1.807, 2.05) is 6.20 Å². The summed E-state index contributed by atoms with van der Waals surface area (Å²) in [6.07, 6.45) is 2.72. The van der Waals surface area contributed by atoms with Crippen LogP contribution in [0.15, 0.2) is 79.0 Å². The zero-order valence-corrected chi connectivity index (χ0v) is 21.2. The van der Waals surface area contributed by atoms with Crippen molar-refractivity contribution in [2.24, 2.45) is 0 Å². The van der Waals surface area contributed by atoms with E-state index in [1.165, 1.54) is 27.8 Å². The highest BCUT2D eigenvalue weighted by Gasteiger charge is 2.23. The summed E-state index contributed by atoms with van der Waals surface area (Å²) in [7, 11) is 0.